The van der Waals surface area contributed by atoms with Crippen LogP contribution in [0.25, 0.3) is 0 Å². The molecule has 12 heavy (non-hydrogen) atoms. The second-order valence-electron chi connectivity index (χ2n) is 2.17. The van der Waals surface area contributed by atoms with E-state index in [1.807, 2.05) is 0 Å². The van der Waals surface area contributed by atoms with Gasteiger partial charge < -0.3 is 9.90 Å². The van der Waals surface area contributed by atoms with Gasteiger partial charge in [-0.05, 0) is 6.07 Å². The van der Waals surface area contributed by atoms with Crippen molar-refractivity contribution in [2.24, 2.45) is 0 Å². The van der Waals surface area contributed by atoms with Gasteiger partial charge in [0.15, 0.2) is 0 Å². The van der Waals surface area contributed by atoms with E-state index in [0.29, 0.717) is 5.69 Å². The van der Waals surface area contributed by atoms with Crippen molar-refractivity contribution in [2.75, 3.05) is 0 Å². The van der Waals surface area contributed by atoms with Crippen LogP contribution in [0.5, 0.6) is 0 Å². The van der Waals surface area contributed by atoms with E-state index in [1.165, 1.54) is 19.4 Å². The van der Waals surface area contributed by atoms with Crippen molar-refractivity contribution < 1.29 is 28.8 Å². The number of carbonyl (C=O) groups excluding carboxylic acids is 1. The molecule has 0 aliphatic carbocycles. The minimum atomic E-state index is -1.12. The first kappa shape index (κ1) is 11.1. The SMILES string of the molecule is CC(C(=O)[O-])c1ccncn1.[Li+]. The van der Waals surface area contributed by atoms with Crippen molar-refractivity contribution in [1.82, 2.24) is 9.97 Å². The Bertz CT molecular complexity index is 253. The van der Waals surface area contributed by atoms with Crippen molar-refractivity contribution in [2.45, 2.75) is 12.8 Å². The predicted octanol–water partition coefficient (Wildman–Crippen LogP) is -3.67. The molecule has 1 aromatic rings. The van der Waals surface area contributed by atoms with Crippen molar-refractivity contribution in [3.05, 3.63) is 24.3 Å². The third-order valence-corrected chi connectivity index (χ3v) is 1.40. The maximum Gasteiger partial charge on any atom is 1.00 e. The Hall–Kier alpha value is -0.853. The summed E-state index contributed by atoms with van der Waals surface area (Å²) < 4.78 is 0. The molecule has 1 heterocycles. The molecular weight excluding hydrogens is 151 g/mol. The molecule has 0 aliphatic heterocycles. The molecule has 0 fully saturated rings. The topological polar surface area (TPSA) is 65.9 Å². The fourth-order valence-electron chi connectivity index (χ4n) is 0.678. The van der Waals surface area contributed by atoms with Crippen LogP contribution in [0.2, 0.25) is 0 Å². The molecule has 0 aromatic carbocycles. The van der Waals surface area contributed by atoms with Gasteiger partial charge in [-0.1, -0.05) is 6.92 Å². The predicted molar refractivity (Wildman–Crippen MR) is 35.5 cm³/mol. The molecule has 0 N–H and O–H groups in total. The van der Waals surface area contributed by atoms with E-state index in [2.05, 4.69) is 9.97 Å². The summed E-state index contributed by atoms with van der Waals surface area (Å²) in [7, 11) is 0. The molecule has 0 saturated heterocycles. The average molecular weight is 158 g/mol. The van der Waals surface area contributed by atoms with Crippen molar-refractivity contribution in [3.63, 3.8) is 0 Å². The molecule has 0 radical (unpaired) electrons. The molecule has 1 unspecified atom stereocenters. The number of nitrogens with zero attached hydrogens (tertiary/aromatic N) is 2. The number of carbonyl (C=O) groups is 1. The van der Waals surface area contributed by atoms with E-state index in [0.717, 1.165) is 0 Å². The Morgan fingerprint density at radius 1 is 1.67 bits per heavy atom. The van der Waals surface area contributed by atoms with Crippen LogP contribution in [-0.4, -0.2) is 15.9 Å². The fraction of sp³-hybridized carbons (Fsp3) is 0.286. The van der Waals surface area contributed by atoms with Crippen molar-refractivity contribution >= 4 is 5.97 Å². The zero-order valence-electron chi connectivity index (χ0n) is 7.02. The molecule has 5 heteroatoms. The standard InChI is InChI=1S/C7H8N2O2.Li/c1-5(7(10)11)6-2-3-8-4-9-6;/h2-5H,1H3,(H,10,11);/q;+1/p-1. The number of aliphatic carboxylic acids is 1. The van der Waals surface area contributed by atoms with Gasteiger partial charge in [0, 0.05) is 12.1 Å². The Morgan fingerprint density at radius 3 is 2.75 bits per heavy atom. The van der Waals surface area contributed by atoms with Gasteiger partial charge in [-0.15, -0.1) is 0 Å². The summed E-state index contributed by atoms with van der Waals surface area (Å²) in [6, 6.07) is 1.56. The van der Waals surface area contributed by atoms with Crippen LogP contribution < -0.4 is 24.0 Å². The van der Waals surface area contributed by atoms with Crippen LogP contribution in [-0.2, 0) is 4.79 Å². The van der Waals surface area contributed by atoms with E-state index in [1.54, 1.807) is 6.07 Å². The van der Waals surface area contributed by atoms with Gasteiger partial charge in [-0.2, -0.15) is 0 Å². The zero-order valence-corrected chi connectivity index (χ0v) is 7.02. The molecule has 0 amide bonds. The Labute approximate surface area is 82.2 Å². The quantitative estimate of drug-likeness (QED) is 0.416. The van der Waals surface area contributed by atoms with Crippen molar-refractivity contribution in [1.29, 1.82) is 0 Å². The van der Waals surface area contributed by atoms with E-state index in [4.69, 9.17) is 0 Å². The number of aromatic nitrogens is 2. The normalized spacial score (nSPS) is 11.4. The third kappa shape index (κ3) is 2.65. The van der Waals surface area contributed by atoms with Gasteiger partial charge in [0.25, 0.3) is 0 Å². The number of carboxylic acids is 1. The summed E-state index contributed by atoms with van der Waals surface area (Å²) in [5.74, 6) is -1.79. The summed E-state index contributed by atoms with van der Waals surface area (Å²) in [5, 5.41) is 10.3. The summed E-state index contributed by atoms with van der Waals surface area (Å²) in [5.41, 5.74) is 0.472. The minimum Gasteiger partial charge on any atom is -0.549 e. The smallest absolute Gasteiger partial charge is 0.549 e. The van der Waals surface area contributed by atoms with E-state index in [9.17, 15) is 9.90 Å². The van der Waals surface area contributed by atoms with E-state index < -0.39 is 11.9 Å². The largest absolute Gasteiger partial charge is 1.00 e. The van der Waals surface area contributed by atoms with Gasteiger partial charge in [-0.3, -0.25) is 0 Å². The van der Waals surface area contributed by atoms with Crippen LogP contribution >= 0.6 is 0 Å². The van der Waals surface area contributed by atoms with Gasteiger partial charge in [-0.25, -0.2) is 9.97 Å². The zero-order chi connectivity index (χ0) is 8.27. The molecule has 1 atom stereocenters. The molecule has 0 aliphatic rings. The van der Waals surface area contributed by atoms with Crippen LogP contribution in [0.3, 0.4) is 0 Å². The summed E-state index contributed by atoms with van der Waals surface area (Å²) in [6.45, 7) is 1.53. The first-order chi connectivity index (χ1) is 5.22. The first-order valence-corrected chi connectivity index (χ1v) is 3.18. The number of carboxylic acid groups (broad SMARTS) is 1. The first-order valence-electron chi connectivity index (χ1n) is 3.18. The third-order valence-electron chi connectivity index (χ3n) is 1.40. The summed E-state index contributed by atoms with van der Waals surface area (Å²) in [6.07, 6.45) is 2.82. The molecule has 4 nitrogen and oxygen atoms in total. The number of hydrogen-bond acceptors (Lipinski definition) is 4. The Morgan fingerprint density at radius 2 is 2.33 bits per heavy atom. The molecule has 0 saturated carbocycles. The average Bonchev–Trinajstić information content (AvgIpc) is 2.05. The minimum absolute atomic E-state index is 0. The summed E-state index contributed by atoms with van der Waals surface area (Å²) in [4.78, 5) is 17.8. The van der Waals surface area contributed by atoms with Gasteiger partial charge in [0.05, 0.1) is 11.7 Å². The van der Waals surface area contributed by atoms with E-state index in [-0.39, 0.29) is 18.9 Å². The molecular formula is C7H7LiN2O2. The Kier molecular flexibility index (Phi) is 4.56. The molecule has 1 rings (SSSR count). The van der Waals surface area contributed by atoms with Crippen LogP contribution in [0.4, 0.5) is 0 Å². The number of rotatable bonds is 2. The van der Waals surface area contributed by atoms with Crippen LogP contribution in [0.1, 0.15) is 18.5 Å². The molecule has 58 valence electrons. The monoisotopic (exact) mass is 158 g/mol. The molecule has 1 aromatic heterocycles. The van der Waals surface area contributed by atoms with Gasteiger partial charge >= 0.3 is 18.9 Å². The number of hydrogen-bond donors (Lipinski definition) is 0. The van der Waals surface area contributed by atoms with Crippen LogP contribution in [0.15, 0.2) is 18.6 Å². The molecule has 0 bridgehead atoms. The maximum absolute atomic E-state index is 10.3. The Balaban J connectivity index is 0.00000121. The maximum atomic E-state index is 10.3. The van der Waals surface area contributed by atoms with Crippen molar-refractivity contribution in [3.8, 4) is 0 Å². The molecule has 0 spiro atoms. The van der Waals surface area contributed by atoms with Crippen LogP contribution in [0, 0.1) is 0 Å². The van der Waals surface area contributed by atoms with Gasteiger partial charge in [0.2, 0.25) is 0 Å². The second kappa shape index (κ2) is 4.91. The summed E-state index contributed by atoms with van der Waals surface area (Å²) >= 11 is 0. The van der Waals surface area contributed by atoms with E-state index >= 15 is 0 Å². The second-order valence-corrected chi connectivity index (χ2v) is 2.17. The van der Waals surface area contributed by atoms with Gasteiger partial charge in [0.1, 0.15) is 6.33 Å². The fourth-order valence-corrected chi connectivity index (χ4v) is 0.678.